The highest BCUT2D eigenvalue weighted by atomic mass is 19.1. The van der Waals surface area contributed by atoms with Crippen molar-refractivity contribution in [1.29, 1.82) is 5.26 Å². The molecule has 0 aromatic heterocycles. The molecule has 0 saturated carbocycles. The minimum absolute atomic E-state index is 0.294. The summed E-state index contributed by atoms with van der Waals surface area (Å²) in [6.07, 6.45) is -0.403. The second kappa shape index (κ2) is 3.70. The Hall–Kier alpha value is -2.16. The lowest BCUT2D eigenvalue weighted by atomic mass is 10.1. The van der Waals surface area contributed by atoms with E-state index in [2.05, 4.69) is 0 Å². The monoisotopic (exact) mass is 196 g/mol. The van der Waals surface area contributed by atoms with Crippen molar-refractivity contribution in [3.05, 3.63) is 33.6 Å². The SMILES string of the molecule is N#CCc1c(O)ccc(F)c1[N+](=O)[O-]. The first-order valence-corrected chi connectivity index (χ1v) is 3.59. The van der Waals surface area contributed by atoms with Crippen molar-refractivity contribution < 1.29 is 14.4 Å². The summed E-state index contributed by atoms with van der Waals surface area (Å²) in [5.74, 6) is -1.50. The highest BCUT2D eigenvalue weighted by Gasteiger charge is 2.22. The predicted molar refractivity (Wildman–Crippen MR) is 44.0 cm³/mol. The third kappa shape index (κ3) is 1.61. The molecule has 0 amide bonds. The number of phenolic OH excluding ortho intramolecular Hbond substituents is 1. The zero-order valence-corrected chi connectivity index (χ0v) is 6.90. The van der Waals surface area contributed by atoms with Crippen LogP contribution in [-0.4, -0.2) is 10.0 Å². The molecule has 0 spiro atoms. The van der Waals surface area contributed by atoms with Crippen molar-refractivity contribution >= 4 is 5.69 Å². The Morgan fingerprint density at radius 1 is 1.64 bits per heavy atom. The van der Waals surface area contributed by atoms with Gasteiger partial charge in [0.05, 0.1) is 23.0 Å². The molecule has 0 aliphatic carbocycles. The molecule has 1 aromatic carbocycles. The van der Waals surface area contributed by atoms with Crippen molar-refractivity contribution in [3.63, 3.8) is 0 Å². The van der Waals surface area contributed by atoms with Gasteiger partial charge in [-0.1, -0.05) is 0 Å². The maximum Gasteiger partial charge on any atom is 0.312 e. The van der Waals surface area contributed by atoms with Gasteiger partial charge in [-0.2, -0.15) is 9.65 Å². The number of halogens is 1. The third-order valence-corrected chi connectivity index (χ3v) is 1.65. The zero-order chi connectivity index (χ0) is 10.7. The van der Waals surface area contributed by atoms with E-state index in [9.17, 15) is 19.6 Å². The van der Waals surface area contributed by atoms with E-state index in [1.165, 1.54) is 0 Å². The molecule has 0 aliphatic rings. The summed E-state index contributed by atoms with van der Waals surface area (Å²) >= 11 is 0. The van der Waals surface area contributed by atoms with Gasteiger partial charge in [0.2, 0.25) is 5.82 Å². The first-order valence-electron chi connectivity index (χ1n) is 3.59. The standard InChI is InChI=1S/C8H5FN2O3/c9-6-1-2-7(12)5(3-4-10)8(6)11(13)14/h1-2,12H,3H2. The Bertz CT molecular complexity index is 425. The molecule has 1 rings (SSSR count). The number of nitrogens with zero attached hydrogens (tertiary/aromatic N) is 2. The summed E-state index contributed by atoms with van der Waals surface area (Å²) in [6.45, 7) is 0. The smallest absolute Gasteiger partial charge is 0.312 e. The third-order valence-electron chi connectivity index (χ3n) is 1.65. The van der Waals surface area contributed by atoms with Crippen LogP contribution < -0.4 is 0 Å². The quantitative estimate of drug-likeness (QED) is 0.573. The second-order valence-electron chi connectivity index (χ2n) is 2.49. The Morgan fingerprint density at radius 2 is 2.29 bits per heavy atom. The first kappa shape index (κ1) is 9.92. The van der Waals surface area contributed by atoms with Crippen LogP contribution in [0.4, 0.5) is 10.1 Å². The van der Waals surface area contributed by atoms with Crippen LogP contribution in [0.25, 0.3) is 0 Å². The van der Waals surface area contributed by atoms with Gasteiger partial charge >= 0.3 is 5.69 Å². The molecule has 1 N–H and O–H groups in total. The predicted octanol–water partition coefficient (Wildman–Crippen LogP) is 1.51. The van der Waals surface area contributed by atoms with E-state index < -0.39 is 28.6 Å². The lowest BCUT2D eigenvalue weighted by molar-refractivity contribution is -0.388. The van der Waals surface area contributed by atoms with Crippen molar-refractivity contribution in [2.45, 2.75) is 6.42 Å². The van der Waals surface area contributed by atoms with Crippen LogP contribution in [-0.2, 0) is 6.42 Å². The Balaban J connectivity index is 3.43. The Labute approximate surface area is 78.2 Å². The van der Waals surface area contributed by atoms with Crippen LogP contribution in [0, 0.1) is 27.3 Å². The van der Waals surface area contributed by atoms with E-state index in [1.54, 1.807) is 6.07 Å². The van der Waals surface area contributed by atoms with Gasteiger partial charge in [0.15, 0.2) is 0 Å². The molecular formula is C8H5FN2O3. The zero-order valence-electron chi connectivity index (χ0n) is 6.90. The fourth-order valence-corrected chi connectivity index (χ4v) is 1.05. The Morgan fingerprint density at radius 3 is 2.79 bits per heavy atom. The van der Waals surface area contributed by atoms with Crippen LogP contribution >= 0.6 is 0 Å². The normalized spacial score (nSPS) is 9.43. The Kier molecular flexibility index (Phi) is 2.62. The molecule has 0 radical (unpaired) electrons. The maximum atomic E-state index is 12.9. The van der Waals surface area contributed by atoms with E-state index in [0.29, 0.717) is 0 Å². The van der Waals surface area contributed by atoms with Gasteiger partial charge in [-0.25, -0.2) is 0 Å². The van der Waals surface area contributed by atoms with Gasteiger partial charge in [-0.05, 0) is 12.1 Å². The fourth-order valence-electron chi connectivity index (χ4n) is 1.05. The number of nitro benzene ring substituents is 1. The van der Waals surface area contributed by atoms with E-state index in [-0.39, 0.29) is 5.56 Å². The summed E-state index contributed by atoms with van der Waals surface area (Å²) in [4.78, 5) is 9.46. The molecule has 0 atom stereocenters. The van der Waals surface area contributed by atoms with Crippen LogP contribution in [0.1, 0.15) is 5.56 Å². The lowest BCUT2D eigenvalue weighted by Gasteiger charge is -2.01. The molecule has 5 nitrogen and oxygen atoms in total. The molecule has 72 valence electrons. The van der Waals surface area contributed by atoms with Crippen molar-refractivity contribution in [2.24, 2.45) is 0 Å². The number of rotatable bonds is 2. The highest BCUT2D eigenvalue weighted by Crippen LogP contribution is 2.30. The largest absolute Gasteiger partial charge is 0.507 e. The van der Waals surface area contributed by atoms with Gasteiger partial charge in [0, 0.05) is 0 Å². The van der Waals surface area contributed by atoms with Crippen LogP contribution in [0.2, 0.25) is 0 Å². The van der Waals surface area contributed by atoms with E-state index in [4.69, 9.17) is 5.26 Å². The molecule has 0 fully saturated rings. The maximum absolute atomic E-state index is 12.9. The number of hydrogen-bond donors (Lipinski definition) is 1. The number of benzene rings is 1. The van der Waals surface area contributed by atoms with Gasteiger partial charge in [0.1, 0.15) is 5.75 Å². The summed E-state index contributed by atoms with van der Waals surface area (Å²) in [5, 5.41) is 27.9. The molecule has 0 unspecified atom stereocenters. The van der Waals surface area contributed by atoms with Crippen LogP contribution in [0.3, 0.4) is 0 Å². The summed E-state index contributed by atoms with van der Waals surface area (Å²) in [7, 11) is 0. The highest BCUT2D eigenvalue weighted by molar-refractivity contribution is 5.51. The van der Waals surface area contributed by atoms with Crippen molar-refractivity contribution in [2.75, 3.05) is 0 Å². The topological polar surface area (TPSA) is 87.2 Å². The summed E-state index contributed by atoms with van der Waals surface area (Å²) < 4.78 is 12.9. The van der Waals surface area contributed by atoms with E-state index in [1.807, 2.05) is 0 Å². The molecule has 0 saturated heterocycles. The molecular weight excluding hydrogens is 191 g/mol. The van der Waals surface area contributed by atoms with E-state index >= 15 is 0 Å². The van der Waals surface area contributed by atoms with Crippen molar-refractivity contribution in [3.8, 4) is 11.8 Å². The van der Waals surface area contributed by atoms with Gasteiger partial charge in [-0.15, -0.1) is 0 Å². The van der Waals surface area contributed by atoms with E-state index in [0.717, 1.165) is 12.1 Å². The first-order chi connectivity index (χ1) is 6.57. The number of hydrogen-bond acceptors (Lipinski definition) is 4. The van der Waals surface area contributed by atoms with Gasteiger partial charge in [0.25, 0.3) is 0 Å². The average Bonchev–Trinajstić information content (AvgIpc) is 2.11. The number of aromatic hydroxyl groups is 1. The molecule has 0 aliphatic heterocycles. The number of nitriles is 1. The summed E-state index contributed by atoms with van der Waals surface area (Å²) in [6, 6.07) is 3.38. The molecule has 6 heteroatoms. The second-order valence-corrected chi connectivity index (χ2v) is 2.49. The van der Waals surface area contributed by atoms with Gasteiger partial charge in [-0.3, -0.25) is 10.1 Å². The molecule has 1 aromatic rings. The van der Waals surface area contributed by atoms with Crippen LogP contribution in [0.15, 0.2) is 12.1 Å². The lowest BCUT2D eigenvalue weighted by Crippen LogP contribution is -1.98. The average molecular weight is 196 g/mol. The van der Waals surface area contributed by atoms with Crippen molar-refractivity contribution in [1.82, 2.24) is 0 Å². The minimum Gasteiger partial charge on any atom is -0.507 e. The number of nitro groups is 1. The van der Waals surface area contributed by atoms with Gasteiger partial charge < -0.3 is 5.11 Å². The molecule has 0 heterocycles. The number of phenols is 1. The summed E-state index contributed by atoms with van der Waals surface area (Å²) in [5.41, 5.74) is -1.14. The molecule has 0 bridgehead atoms. The van der Waals surface area contributed by atoms with Crippen LogP contribution in [0.5, 0.6) is 5.75 Å². The minimum atomic E-state index is -1.06. The molecule has 14 heavy (non-hydrogen) atoms. The fraction of sp³-hybridized carbons (Fsp3) is 0.125.